The minimum Gasteiger partial charge on any atom is -0.476 e. The Bertz CT molecular complexity index is 565. The SMILES string of the molecule is CCCCc1ccc(Nc2cnc(C(=O)O)cn2)cc1. The van der Waals surface area contributed by atoms with Gasteiger partial charge in [-0.05, 0) is 30.5 Å². The Labute approximate surface area is 117 Å². The molecule has 5 nitrogen and oxygen atoms in total. The molecular weight excluding hydrogens is 254 g/mol. The number of unbranched alkanes of at least 4 members (excludes halogenated alkanes) is 1. The molecule has 0 aliphatic rings. The Kier molecular flexibility index (Phi) is 4.65. The van der Waals surface area contributed by atoms with E-state index < -0.39 is 5.97 Å². The van der Waals surface area contributed by atoms with E-state index in [-0.39, 0.29) is 5.69 Å². The van der Waals surface area contributed by atoms with Gasteiger partial charge in [0.05, 0.1) is 12.4 Å². The van der Waals surface area contributed by atoms with Gasteiger partial charge in [0.2, 0.25) is 0 Å². The molecule has 0 atom stereocenters. The van der Waals surface area contributed by atoms with Gasteiger partial charge in [-0.3, -0.25) is 0 Å². The molecule has 0 aliphatic carbocycles. The summed E-state index contributed by atoms with van der Waals surface area (Å²) in [6, 6.07) is 8.13. The van der Waals surface area contributed by atoms with Crippen molar-refractivity contribution >= 4 is 17.5 Å². The van der Waals surface area contributed by atoms with Gasteiger partial charge >= 0.3 is 5.97 Å². The van der Waals surface area contributed by atoms with Crippen LogP contribution in [0.3, 0.4) is 0 Å². The Morgan fingerprint density at radius 1 is 1.20 bits per heavy atom. The van der Waals surface area contributed by atoms with Crippen molar-refractivity contribution in [1.82, 2.24) is 9.97 Å². The fraction of sp³-hybridized carbons (Fsp3) is 0.267. The van der Waals surface area contributed by atoms with Crippen LogP contribution in [0.2, 0.25) is 0 Å². The zero-order valence-electron chi connectivity index (χ0n) is 11.3. The van der Waals surface area contributed by atoms with Crippen molar-refractivity contribution in [3.63, 3.8) is 0 Å². The second kappa shape index (κ2) is 6.65. The molecule has 104 valence electrons. The van der Waals surface area contributed by atoms with E-state index in [2.05, 4.69) is 34.3 Å². The normalized spacial score (nSPS) is 10.2. The van der Waals surface area contributed by atoms with Gasteiger partial charge in [0, 0.05) is 5.69 Å². The molecule has 0 radical (unpaired) electrons. The predicted molar refractivity (Wildman–Crippen MR) is 77.3 cm³/mol. The van der Waals surface area contributed by atoms with E-state index in [1.807, 2.05) is 12.1 Å². The van der Waals surface area contributed by atoms with Gasteiger partial charge in [-0.1, -0.05) is 25.5 Å². The number of nitrogens with one attached hydrogen (secondary N) is 1. The maximum atomic E-state index is 10.7. The molecule has 1 aromatic carbocycles. The molecule has 0 spiro atoms. The fourth-order valence-corrected chi connectivity index (χ4v) is 1.79. The number of aromatic nitrogens is 2. The van der Waals surface area contributed by atoms with E-state index in [0.29, 0.717) is 5.82 Å². The third-order valence-corrected chi connectivity index (χ3v) is 2.92. The van der Waals surface area contributed by atoms with Crippen molar-refractivity contribution in [3.8, 4) is 0 Å². The number of carbonyl (C=O) groups is 1. The summed E-state index contributed by atoms with van der Waals surface area (Å²) in [5.74, 6) is -0.555. The molecule has 1 aromatic heterocycles. The van der Waals surface area contributed by atoms with Crippen LogP contribution in [-0.4, -0.2) is 21.0 Å². The van der Waals surface area contributed by atoms with Crippen LogP contribution in [0.4, 0.5) is 11.5 Å². The van der Waals surface area contributed by atoms with E-state index in [1.54, 1.807) is 0 Å². The smallest absolute Gasteiger partial charge is 0.356 e. The van der Waals surface area contributed by atoms with Crippen LogP contribution in [-0.2, 0) is 6.42 Å². The minimum atomic E-state index is -1.08. The first kappa shape index (κ1) is 14.0. The summed E-state index contributed by atoms with van der Waals surface area (Å²) in [6.45, 7) is 2.18. The molecule has 1 heterocycles. The summed E-state index contributed by atoms with van der Waals surface area (Å²) in [5, 5.41) is 11.8. The number of rotatable bonds is 6. The maximum Gasteiger partial charge on any atom is 0.356 e. The first-order valence-corrected chi connectivity index (χ1v) is 6.60. The molecule has 0 aliphatic heterocycles. The lowest BCUT2D eigenvalue weighted by Gasteiger charge is -2.06. The van der Waals surface area contributed by atoms with Crippen LogP contribution in [0.1, 0.15) is 35.8 Å². The highest BCUT2D eigenvalue weighted by Crippen LogP contribution is 2.15. The number of aromatic carboxylic acids is 1. The highest BCUT2D eigenvalue weighted by molar-refractivity contribution is 5.85. The average molecular weight is 271 g/mol. The number of hydrogen-bond donors (Lipinski definition) is 2. The lowest BCUT2D eigenvalue weighted by Crippen LogP contribution is -2.02. The Morgan fingerprint density at radius 3 is 2.50 bits per heavy atom. The average Bonchev–Trinajstić information content (AvgIpc) is 2.47. The molecule has 2 rings (SSSR count). The second-order valence-corrected chi connectivity index (χ2v) is 4.52. The van der Waals surface area contributed by atoms with Gasteiger partial charge in [-0.25, -0.2) is 14.8 Å². The van der Waals surface area contributed by atoms with Gasteiger partial charge in [0.15, 0.2) is 5.69 Å². The van der Waals surface area contributed by atoms with Crippen molar-refractivity contribution in [2.24, 2.45) is 0 Å². The van der Waals surface area contributed by atoms with Crippen LogP contribution in [0.5, 0.6) is 0 Å². The molecule has 0 saturated carbocycles. The number of carboxylic acid groups (broad SMARTS) is 1. The van der Waals surface area contributed by atoms with Crippen LogP contribution >= 0.6 is 0 Å². The highest BCUT2D eigenvalue weighted by atomic mass is 16.4. The zero-order valence-corrected chi connectivity index (χ0v) is 11.3. The molecule has 0 unspecified atom stereocenters. The van der Waals surface area contributed by atoms with Crippen molar-refractivity contribution in [3.05, 3.63) is 47.9 Å². The van der Waals surface area contributed by atoms with E-state index in [9.17, 15) is 4.79 Å². The number of anilines is 2. The molecular formula is C15H17N3O2. The topological polar surface area (TPSA) is 75.1 Å². The maximum absolute atomic E-state index is 10.7. The van der Waals surface area contributed by atoms with Crippen molar-refractivity contribution in [1.29, 1.82) is 0 Å². The van der Waals surface area contributed by atoms with Crippen molar-refractivity contribution in [2.75, 3.05) is 5.32 Å². The summed E-state index contributed by atoms with van der Waals surface area (Å²) >= 11 is 0. The number of nitrogens with zero attached hydrogens (tertiary/aromatic N) is 2. The number of hydrogen-bond acceptors (Lipinski definition) is 4. The molecule has 0 fully saturated rings. The van der Waals surface area contributed by atoms with Gasteiger partial charge in [-0.15, -0.1) is 0 Å². The molecule has 2 aromatic rings. The highest BCUT2D eigenvalue weighted by Gasteiger charge is 2.04. The van der Waals surface area contributed by atoms with Crippen LogP contribution < -0.4 is 5.32 Å². The number of carboxylic acids is 1. The van der Waals surface area contributed by atoms with Crippen molar-refractivity contribution in [2.45, 2.75) is 26.2 Å². The Balaban J connectivity index is 2.00. The van der Waals surface area contributed by atoms with E-state index >= 15 is 0 Å². The number of aryl methyl sites for hydroxylation is 1. The van der Waals surface area contributed by atoms with Gasteiger partial charge < -0.3 is 10.4 Å². The third kappa shape index (κ3) is 3.78. The molecule has 20 heavy (non-hydrogen) atoms. The van der Waals surface area contributed by atoms with E-state index in [4.69, 9.17) is 5.11 Å². The third-order valence-electron chi connectivity index (χ3n) is 2.92. The summed E-state index contributed by atoms with van der Waals surface area (Å²) in [7, 11) is 0. The number of benzene rings is 1. The summed E-state index contributed by atoms with van der Waals surface area (Å²) in [4.78, 5) is 18.5. The fourth-order valence-electron chi connectivity index (χ4n) is 1.79. The predicted octanol–water partition coefficient (Wildman–Crippen LogP) is 3.26. The van der Waals surface area contributed by atoms with Crippen molar-refractivity contribution < 1.29 is 9.90 Å². The largest absolute Gasteiger partial charge is 0.476 e. The van der Waals surface area contributed by atoms with Crippen LogP contribution in [0, 0.1) is 0 Å². The first-order valence-electron chi connectivity index (χ1n) is 6.60. The molecule has 5 heteroatoms. The quantitative estimate of drug-likeness (QED) is 0.843. The lowest BCUT2D eigenvalue weighted by molar-refractivity contribution is 0.0690. The van der Waals surface area contributed by atoms with Crippen LogP contribution in [0.25, 0.3) is 0 Å². The van der Waals surface area contributed by atoms with Crippen LogP contribution in [0.15, 0.2) is 36.7 Å². The van der Waals surface area contributed by atoms with Gasteiger partial charge in [0.25, 0.3) is 0 Å². The Morgan fingerprint density at radius 2 is 1.95 bits per heavy atom. The molecule has 0 amide bonds. The zero-order chi connectivity index (χ0) is 14.4. The van der Waals surface area contributed by atoms with Gasteiger partial charge in [-0.2, -0.15) is 0 Å². The molecule has 0 bridgehead atoms. The van der Waals surface area contributed by atoms with E-state index in [0.717, 1.165) is 12.1 Å². The summed E-state index contributed by atoms with van der Waals surface area (Å²) in [5.41, 5.74) is 2.15. The first-order chi connectivity index (χ1) is 9.69. The van der Waals surface area contributed by atoms with E-state index in [1.165, 1.54) is 30.8 Å². The molecule has 2 N–H and O–H groups in total. The summed E-state index contributed by atoms with van der Waals surface area (Å²) < 4.78 is 0. The second-order valence-electron chi connectivity index (χ2n) is 4.52. The summed E-state index contributed by atoms with van der Waals surface area (Å²) in [6.07, 6.45) is 6.11. The minimum absolute atomic E-state index is 0.0644. The van der Waals surface area contributed by atoms with Gasteiger partial charge in [0.1, 0.15) is 5.82 Å². The Hall–Kier alpha value is -2.43. The lowest BCUT2D eigenvalue weighted by atomic mass is 10.1. The monoisotopic (exact) mass is 271 g/mol. The molecule has 0 saturated heterocycles. The standard InChI is InChI=1S/C15H17N3O2/c1-2-3-4-11-5-7-12(8-6-11)18-14-10-16-13(9-17-14)15(19)20/h5-10H,2-4H2,1H3,(H,17,18)(H,19,20).